The number of amides is 1. The lowest BCUT2D eigenvalue weighted by molar-refractivity contribution is -0.142. The molecule has 0 radical (unpaired) electrons. The molecule has 0 aliphatic heterocycles. The first-order valence-electron chi connectivity index (χ1n) is 7.79. The van der Waals surface area contributed by atoms with E-state index in [1.165, 1.54) is 0 Å². The standard InChI is InChI=1S/C19H15F3N2O3/c1-27-18(26)16(10-12-3-2-4-13(9-12)11-23)24-17(25)14-5-7-15(8-6-14)19(20,21)22/h2-9,16H,10H2,1H3,(H,24,25)/t16-/m1/s1. The third-order valence-corrected chi connectivity index (χ3v) is 3.76. The lowest BCUT2D eigenvalue weighted by Gasteiger charge is -2.17. The maximum atomic E-state index is 12.6. The molecule has 0 saturated heterocycles. The highest BCUT2D eigenvalue weighted by Crippen LogP contribution is 2.29. The number of rotatable bonds is 5. The fraction of sp³-hybridized carbons (Fsp3) is 0.211. The van der Waals surface area contributed by atoms with Gasteiger partial charge >= 0.3 is 12.1 Å². The molecule has 0 saturated carbocycles. The van der Waals surface area contributed by atoms with Gasteiger partial charge in [0, 0.05) is 12.0 Å². The van der Waals surface area contributed by atoms with Crippen molar-refractivity contribution in [2.45, 2.75) is 18.6 Å². The number of ether oxygens (including phenoxy) is 1. The second-order valence-electron chi connectivity index (χ2n) is 5.64. The summed E-state index contributed by atoms with van der Waals surface area (Å²) in [5, 5.41) is 11.4. The van der Waals surface area contributed by atoms with Gasteiger partial charge in [0.05, 0.1) is 24.3 Å². The van der Waals surface area contributed by atoms with Gasteiger partial charge < -0.3 is 10.1 Å². The van der Waals surface area contributed by atoms with Gasteiger partial charge in [0.2, 0.25) is 0 Å². The Morgan fingerprint density at radius 2 is 1.85 bits per heavy atom. The molecule has 27 heavy (non-hydrogen) atoms. The monoisotopic (exact) mass is 376 g/mol. The van der Waals surface area contributed by atoms with Crippen LogP contribution in [0.4, 0.5) is 13.2 Å². The van der Waals surface area contributed by atoms with Crippen LogP contribution in [0.1, 0.15) is 27.0 Å². The molecule has 5 nitrogen and oxygen atoms in total. The number of alkyl halides is 3. The topological polar surface area (TPSA) is 79.2 Å². The van der Waals surface area contributed by atoms with Crippen LogP contribution in [-0.2, 0) is 22.1 Å². The summed E-state index contributed by atoms with van der Waals surface area (Å²) in [4.78, 5) is 24.3. The highest BCUT2D eigenvalue weighted by Gasteiger charge is 2.30. The quantitative estimate of drug-likeness (QED) is 0.814. The molecule has 0 aliphatic carbocycles. The van der Waals surface area contributed by atoms with Gasteiger partial charge in [0.25, 0.3) is 5.91 Å². The lowest BCUT2D eigenvalue weighted by Crippen LogP contribution is -2.43. The van der Waals surface area contributed by atoms with E-state index in [0.717, 1.165) is 31.4 Å². The summed E-state index contributed by atoms with van der Waals surface area (Å²) in [5.41, 5.74) is 0.113. The number of nitriles is 1. The Morgan fingerprint density at radius 3 is 2.41 bits per heavy atom. The minimum absolute atomic E-state index is 0.0253. The number of halogens is 3. The Bertz CT molecular complexity index is 871. The summed E-state index contributed by atoms with van der Waals surface area (Å²) < 4.78 is 42.5. The van der Waals surface area contributed by atoms with Crippen molar-refractivity contribution in [3.63, 3.8) is 0 Å². The van der Waals surface area contributed by atoms with Crippen LogP contribution in [0.5, 0.6) is 0 Å². The molecule has 1 atom stereocenters. The van der Waals surface area contributed by atoms with Gasteiger partial charge in [-0.1, -0.05) is 12.1 Å². The Hall–Kier alpha value is -3.34. The first-order chi connectivity index (χ1) is 12.7. The molecule has 0 spiro atoms. The SMILES string of the molecule is COC(=O)[C@@H](Cc1cccc(C#N)c1)NC(=O)c1ccc(C(F)(F)F)cc1. The molecule has 2 rings (SSSR count). The molecule has 2 aromatic carbocycles. The molecule has 0 heterocycles. The third kappa shape index (κ3) is 5.31. The normalized spacial score (nSPS) is 12.0. The Morgan fingerprint density at radius 1 is 1.19 bits per heavy atom. The molecular formula is C19H15F3N2O3. The van der Waals surface area contributed by atoms with Gasteiger partial charge in [-0.2, -0.15) is 18.4 Å². The minimum atomic E-state index is -4.50. The summed E-state index contributed by atoms with van der Waals surface area (Å²) in [6.45, 7) is 0. The number of nitrogens with one attached hydrogen (secondary N) is 1. The molecule has 1 amide bonds. The first-order valence-corrected chi connectivity index (χ1v) is 7.79. The van der Waals surface area contributed by atoms with E-state index in [1.807, 2.05) is 6.07 Å². The van der Waals surface area contributed by atoms with Crippen LogP contribution in [-0.4, -0.2) is 25.0 Å². The minimum Gasteiger partial charge on any atom is -0.467 e. The predicted octanol–water partition coefficient (Wildman–Crippen LogP) is 3.09. The van der Waals surface area contributed by atoms with Gasteiger partial charge in [-0.15, -0.1) is 0 Å². The van der Waals surface area contributed by atoms with Crippen LogP contribution < -0.4 is 5.32 Å². The zero-order valence-corrected chi connectivity index (χ0v) is 14.2. The predicted molar refractivity (Wildman–Crippen MR) is 89.6 cm³/mol. The number of benzene rings is 2. The molecule has 0 unspecified atom stereocenters. The summed E-state index contributed by atoms with van der Waals surface area (Å²) in [5.74, 6) is -1.42. The van der Waals surface area contributed by atoms with E-state index in [9.17, 15) is 22.8 Å². The number of carbonyl (C=O) groups excluding carboxylic acids is 2. The molecule has 0 aromatic heterocycles. The van der Waals surface area contributed by atoms with Gasteiger partial charge in [-0.05, 0) is 42.0 Å². The van der Waals surface area contributed by atoms with Gasteiger partial charge in [0.1, 0.15) is 6.04 Å². The van der Waals surface area contributed by atoms with Gasteiger partial charge in [-0.25, -0.2) is 4.79 Å². The van der Waals surface area contributed by atoms with Crippen molar-refractivity contribution in [1.82, 2.24) is 5.32 Å². The number of methoxy groups -OCH3 is 1. The number of hydrogen-bond donors (Lipinski definition) is 1. The smallest absolute Gasteiger partial charge is 0.416 e. The van der Waals surface area contributed by atoms with Crippen LogP contribution >= 0.6 is 0 Å². The van der Waals surface area contributed by atoms with Crippen molar-refractivity contribution in [3.8, 4) is 6.07 Å². The van der Waals surface area contributed by atoms with Gasteiger partial charge in [0.15, 0.2) is 0 Å². The molecule has 140 valence electrons. The Balaban J connectivity index is 2.16. The van der Waals surface area contributed by atoms with Crippen LogP contribution in [0, 0.1) is 11.3 Å². The molecular weight excluding hydrogens is 361 g/mol. The van der Waals surface area contributed by atoms with E-state index in [2.05, 4.69) is 10.1 Å². The van der Waals surface area contributed by atoms with E-state index in [-0.39, 0.29) is 12.0 Å². The van der Waals surface area contributed by atoms with E-state index < -0.39 is 29.7 Å². The summed E-state index contributed by atoms with van der Waals surface area (Å²) in [6.07, 6.45) is -4.44. The van der Waals surface area contributed by atoms with Crippen molar-refractivity contribution in [3.05, 3.63) is 70.8 Å². The highest BCUT2D eigenvalue weighted by molar-refractivity contribution is 5.96. The maximum absolute atomic E-state index is 12.6. The summed E-state index contributed by atoms with van der Waals surface area (Å²) in [6, 6.07) is 11.0. The number of esters is 1. The highest BCUT2D eigenvalue weighted by atomic mass is 19.4. The number of carbonyl (C=O) groups is 2. The Labute approximate surface area is 153 Å². The summed E-state index contributed by atoms with van der Waals surface area (Å²) in [7, 11) is 1.16. The van der Waals surface area contributed by atoms with Crippen molar-refractivity contribution in [1.29, 1.82) is 5.26 Å². The third-order valence-electron chi connectivity index (χ3n) is 3.76. The molecule has 2 aromatic rings. The van der Waals surface area contributed by atoms with E-state index >= 15 is 0 Å². The van der Waals surface area contributed by atoms with Crippen LogP contribution in [0.2, 0.25) is 0 Å². The van der Waals surface area contributed by atoms with E-state index in [0.29, 0.717) is 11.1 Å². The molecule has 0 aliphatic rings. The second-order valence-corrected chi connectivity index (χ2v) is 5.64. The fourth-order valence-corrected chi connectivity index (χ4v) is 2.39. The van der Waals surface area contributed by atoms with E-state index in [1.54, 1.807) is 24.3 Å². The second kappa shape index (κ2) is 8.36. The van der Waals surface area contributed by atoms with Crippen molar-refractivity contribution in [2.24, 2.45) is 0 Å². The molecule has 0 bridgehead atoms. The van der Waals surface area contributed by atoms with Crippen molar-refractivity contribution < 1.29 is 27.5 Å². The number of hydrogen-bond acceptors (Lipinski definition) is 4. The largest absolute Gasteiger partial charge is 0.467 e. The lowest BCUT2D eigenvalue weighted by atomic mass is 10.0. The first kappa shape index (κ1) is 20.0. The zero-order valence-electron chi connectivity index (χ0n) is 14.2. The molecule has 8 heteroatoms. The average molecular weight is 376 g/mol. The van der Waals surface area contributed by atoms with Crippen molar-refractivity contribution >= 4 is 11.9 Å². The Kier molecular flexibility index (Phi) is 6.19. The van der Waals surface area contributed by atoms with Crippen LogP contribution in [0.3, 0.4) is 0 Å². The fourth-order valence-electron chi connectivity index (χ4n) is 2.39. The molecule has 1 N–H and O–H groups in total. The number of nitrogens with zero attached hydrogens (tertiary/aromatic N) is 1. The zero-order chi connectivity index (χ0) is 20.0. The van der Waals surface area contributed by atoms with Gasteiger partial charge in [-0.3, -0.25) is 4.79 Å². The van der Waals surface area contributed by atoms with Crippen molar-refractivity contribution in [2.75, 3.05) is 7.11 Å². The van der Waals surface area contributed by atoms with E-state index in [4.69, 9.17) is 5.26 Å². The molecule has 0 fully saturated rings. The summed E-state index contributed by atoms with van der Waals surface area (Å²) >= 11 is 0. The average Bonchev–Trinajstić information content (AvgIpc) is 2.66. The maximum Gasteiger partial charge on any atom is 0.416 e. The van der Waals surface area contributed by atoms with Crippen LogP contribution in [0.15, 0.2) is 48.5 Å². The van der Waals surface area contributed by atoms with Crippen LogP contribution in [0.25, 0.3) is 0 Å².